The fourth-order valence-electron chi connectivity index (χ4n) is 1.67. The second kappa shape index (κ2) is 5.73. The summed E-state index contributed by atoms with van der Waals surface area (Å²) in [5, 5.41) is 1.41. The molecule has 0 aliphatic rings. The number of hydrogen-bond acceptors (Lipinski definition) is 2. The van der Waals surface area contributed by atoms with Gasteiger partial charge in [0.05, 0.1) is 0 Å². The molecule has 1 N–H and O–H groups in total. The summed E-state index contributed by atoms with van der Waals surface area (Å²) < 4.78 is 0. The van der Waals surface area contributed by atoms with E-state index >= 15 is 0 Å². The van der Waals surface area contributed by atoms with Gasteiger partial charge in [-0.3, -0.25) is 4.79 Å². The minimum Gasteiger partial charge on any atom is -0.361 e. The van der Waals surface area contributed by atoms with Crippen molar-refractivity contribution in [3.05, 3.63) is 42.1 Å². The Bertz CT molecular complexity index is 542. The summed E-state index contributed by atoms with van der Waals surface area (Å²) in [7, 11) is 0. The normalized spacial score (nSPS) is 11.4. The fraction of sp³-hybridized carbons (Fsp3) is 0.214. The molecule has 2 nitrogen and oxygen atoms in total. The number of carbonyl (C=O) groups is 1. The molecule has 0 spiro atoms. The second-order valence-corrected chi connectivity index (χ2v) is 5.13. The van der Waals surface area contributed by atoms with Gasteiger partial charge in [-0.05, 0) is 35.6 Å². The molecular weight excluding hydrogens is 230 g/mol. The van der Waals surface area contributed by atoms with Crippen LogP contribution in [0.4, 0.5) is 0 Å². The molecule has 0 aliphatic carbocycles. The van der Waals surface area contributed by atoms with Crippen molar-refractivity contribution in [1.29, 1.82) is 0 Å². The van der Waals surface area contributed by atoms with Crippen molar-refractivity contribution in [1.82, 2.24) is 4.98 Å². The highest BCUT2D eigenvalue weighted by atomic mass is 32.2. The summed E-state index contributed by atoms with van der Waals surface area (Å²) in [5.41, 5.74) is 2.36. The Morgan fingerprint density at radius 3 is 3.12 bits per heavy atom. The van der Waals surface area contributed by atoms with Crippen LogP contribution in [0.2, 0.25) is 0 Å². The highest BCUT2D eigenvalue weighted by Gasteiger charge is 1.94. The first-order valence-electron chi connectivity index (χ1n) is 5.63. The van der Waals surface area contributed by atoms with E-state index in [0.29, 0.717) is 0 Å². The number of H-pyrrole nitrogens is 1. The van der Waals surface area contributed by atoms with Crippen LogP contribution in [0.15, 0.2) is 36.5 Å². The molecule has 0 unspecified atom stereocenters. The third-order valence-electron chi connectivity index (χ3n) is 2.48. The van der Waals surface area contributed by atoms with Gasteiger partial charge in [0.2, 0.25) is 0 Å². The molecular formula is C14H15NOS. The van der Waals surface area contributed by atoms with Crippen LogP contribution in [-0.4, -0.2) is 15.9 Å². The number of allylic oxidation sites excluding steroid dienone is 1. The van der Waals surface area contributed by atoms with E-state index in [-0.39, 0.29) is 5.12 Å². The van der Waals surface area contributed by atoms with Gasteiger partial charge in [0, 0.05) is 24.4 Å². The van der Waals surface area contributed by atoms with E-state index in [9.17, 15) is 4.79 Å². The molecule has 0 saturated heterocycles. The quantitative estimate of drug-likeness (QED) is 0.830. The lowest BCUT2D eigenvalue weighted by Gasteiger charge is -1.95. The van der Waals surface area contributed by atoms with E-state index in [0.717, 1.165) is 17.7 Å². The van der Waals surface area contributed by atoms with Crippen LogP contribution in [-0.2, 0) is 4.79 Å². The average molecular weight is 245 g/mol. The molecule has 1 heterocycles. The molecule has 0 aliphatic heterocycles. The van der Waals surface area contributed by atoms with Crippen LogP contribution in [0.3, 0.4) is 0 Å². The van der Waals surface area contributed by atoms with Crippen molar-refractivity contribution < 1.29 is 4.79 Å². The SMILES string of the molecule is CC(=O)SCCC=Cc1ccc2[nH]ccc2c1. The Labute approximate surface area is 105 Å². The molecule has 17 heavy (non-hydrogen) atoms. The highest BCUT2D eigenvalue weighted by molar-refractivity contribution is 8.13. The summed E-state index contributed by atoms with van der Waals surface area (Å²) in [5.74, 6) is 0.859. The Kier molecular flexibility index (Phi) is 4.04. The maximum Gasteiger partial charge on any atom is 0.185 e. The molecule has 88 valence electrons. The van der Waals surface area contributed by atoms with Gasteiger partial charge in [-0.25, -0.2) is 0 Å². The van der Waals surface area contributed by atoms with Crippen LogP contribution in [0.1, 0.15) is 18.9 Å². The van der Waals surface area contributed by atoms with Crippen LogP contribution < -0.4 is 0 Å². The number of fused-ring (bicyclic) bond motifs is 1. The zero-order valence-electron chi connectivity index (χ0n) is 9.77. The first kappa shape index (κ1) is 12.0. The van der Waals surface area contributed by atoms with E-state index in [1.165, 1.54) is 22.7 Å². The van der Waals surface area contributed by atoms with Gasteiger partial charge >= 0.3 is 0 Å². The van der Waals surface area contributed by atoms with E-state index in [2.05, 4.69) is 41.4 Å². The van der Waals surface area contributed by atoms with Crippen molar-refractivity contribution in [2.45, 2.75) is 13.3 Å². The summed E-state index contributed by atoms with van der Waals surface area (Å²) in [6.45, 7) is 1.61. The zero-order chi connectivity index (χ0) is 12.1. The van der Waals surface area contributed by atoms with E-state index in [1.54, 1.807) is 6.92 Å². The first-order chi connectivity index (χ1) is 8.25. The lowest BCUT2D eigenvalue weighted by Crippen LogP contribution is -1.83. The highest BCUT2D eigenvalue weighted by Crippen LogP contribution is 2.15. The van der Waals surface area contributed by atoms with Crippen LogP contribution in [0, 0.1) is 0 Å². The number of nitrogens with one attached hydrogen (secondary N) is 1. The number of thioether (sulfide) groups is 1. The van der Waals surface area contributed by atoms with Gasteiger partial charge in [-0.2, -0.15) is 0 Å². The number of aromatic amines is 1. The van der Waals surface area contributed by atoms with E-state index in [1.807, 2.05) is 6.20 Å². The monoisotopic (exact) mass is 245 g/mol. The number of aromatic nitrogens is 1. The standard InChI is InChI=1S/C14H15NOS/c1-11(16)17-9-3-2-4-12-5-6-14-13(10-12)7-8-15-14/h2,4-8,10,15H,3,9H2,1H3. The molecule has 2 rings (SSSR count). The van der Waals surface area contributed by atoms with Crippen molar-refractivity contribution in [3.8, 4) is 0 Å². The van der Waals surface area contributed by atoms with Gasteiger partial charge in [-0.15, -0.1) is 0 Å². The zero-order valence-corrected chi connectivity index (χ0v) is 10.6. The lowest BCUT2D eigenvalue weighted by molar-refractivity contribution is -0.109. The molecule has 0 radical (unpaired) electrons. The molecule has 0 amide bonds. The topological polar surface area (TPSA) is 32.9 Å². The van der Waals surface area contributed by atoms with Crippen LogP contribution in [0.25, 0.3) is 17.0 Å². The van der Waals surface area contributed by atoms with Gasteiger partial charge in [0.15, 0.2) is 5.12 Å². The number of benzene rings is 1. The molecule has 0 bridgehead atoms. The largest absolute Gasteiger partial charge is 0.361 e. The van der Waals surface area contributed by atoms with E-state index in [4.69, 9.17) is 0 Å². The molecule has 0 fully saturated rings. The Hall–Kier alpha value is -1.48. The maximum absolute atomic E-state index is 10.7. The van der Waals surface area contributed by atoms with Gasteiger partial charge in [0.1, 0.15) is 0 Å². The van der Waals surface area contributed by atoms with Crippen molar-refractivity contribution in [2.75, 3.05) is 5.75 Å². The number of carbonyl (C=O) groups excluding carboxylic acids is 1. The van der Waals surface area contributed by atoms with Gasteiger partial charge in [0.25, 0.3) is 0 Å². The molecule has 0 saturated carbocycles. The third-order valence-corrected chi connectivity index (χ3v) is 3.32. The minimum atomic E-state index is 0.187. The van der Waals surface area contributed by atoms with Gasteiger partial charge in [-0.1, -0.05) is 30.0 Å². The number of rotatable bonds is 4. The summed E-state index contributed by atoms with van der Waals surface area (Å²) in [6, 6.07) is 8.39. The van der Waals surface area contributed by atoms with Crippen LogP contribution >= 0.6 is 11.8 Å². The fourth-order valence-corrected chi connectivity index (χ4v) is 2.21. The maximum atomic E-state index is 10.7. The first-order valence-corrected chi connectivity index (χ1v) is 6.61. The predicted molar refractivity (Wildman–Crippen MR) is 75.1 cm³/mol. The molecule has 2 aromatic rings. The predicted octanol–water partition coefficient (Wildman–Crippen LogP) is 3.85. The molecule has 1 aromatic carbocycles. The summed E-state index contributed by atoms with van der Waals surface area (Å²) >= 11 is 1.38. The Morgan fingerprint density at radius 2 is 2.29 bits per heavy atom. The third kappa shape index (κ3) is 3.49. The minimum absolute atomic E-state index is 0.187. The second-order valence-electron chi connectivity index (χ2n) is 3.86. The van der Waals surface area contributed by atoms with Gasteiger partial charge < -0.3 is 4.98 Å². The van der Waals surface area contributed by atoms with E-state index < -0.39 is 0 Å². The molecule has 1 aromatic heterocycles. The molecule has 3 heteroatoms. The van der Waals surface area contributed by atoms with Crippen molar-refractivity contribution in [3.63, 3.8) is 0 Å². The van der Waals surface area contributed by atoms with Crippen LogP contribution in [0.5, 0.6) is 0 Å². The Morgan fingerprint density at radius 1 is 1.41 bits per heavy atom. The summed E-state index contributed by atoms with van der Waals surface area (Å²) in [4.78, 5) is 13.9. The Balaban J connectivity index is 1.93. The average Bonchev–Trinajstić information content (AvgIpc) is 2.75. The molecule has 0 atom stereocenters. The van der Waals surface area contributed by atoms with Crippen molar-refractivity contribution in [2.24, 2.45) is 0 Å². The summed E-state index contributed by atoms with van der Waals surface area (Å²) in [6.07, 6.45) is 7.09. The smallest absolute Gasteiger partial charge is 0.185 e. The number of hydrogen-bond donors (Lipinski definition) is 1. The van der Waals surface area contributed by atoms with Crippen molar-refractivity contribution >= 4 is 33.9 Å². The lowest BCUT2D eigenvalue weighted by atomic mass is 10.1.